The van der Waals surface area contributed by atoms with Crippen molar-refractivity contribution in [2.45, 2.75) is 45.1 Å². The highest BCUT2D eigenvalue weighted by atomic mass is 79.9. The maximum atomic E-state index is 6.46. The molecule has 16 heavy (non-hydrogen) atoms. The maximum Gasteiger partial charge on any atom is 0.0432 e. The van der Waals surface area contributed by atoms with E-state index in [1.54, 1.807) is 11.3 Å². The van der Waals surface area contributed by atoms with Crippen molar-refractivity contribution in [3.63, 3.8) is 0 Å². The lowest BCUT2D eigenvalue weighted by atomic mass is 9.74. The van der Waals surface area contributed by atoms with Crippen molar-refractivity contribution in [2.24, 2.45) is 17.6 Å². The van der Waals surface area contributed by atoms with Gasteiger partial charge in [0.05, 0.1) is 0 Å². The minimum Gasteiger partial charge on any atom is -0.323 e. The Morgan fingerprint density at radius 3 is 2.88 bits per heavy atom. The van der Waals surface area contributed by atoms with Gasteiger partial charge in [-0.3, -0.25) is 0 Å². The lowest BCUT2D eigenvalue weighted by molar-refractivity contribution is 0.198. The average Bonchev–Trinajstić information content (AvgIpc) is 2.74. The topological polar surface area (TPSA) is 26.0 Å². The predicted octanol–water partition coefficient (Wildman–Crippen LogP) is 4.73. The van der Waals surface area contributed by atoms with Crippen molar-refractivity contribution in [3.8, 4) is 0 Å². The van der Waals surface area contributed by atoms with Crippen molar-refractivity contribution >= 4 is 27.3 Å². The summed E-state index contributed by atoms with van der Waals surface area (Å²) in [5, 5.41) is 2.13. The highest BCUT2D eigenvalue weighted by molar-refractivity contribution is 9.10. The van der Waals surface area contributed by atoms with Crippen LogP contribution < -0.4 is 5.73 Å². The molecule has 0 saturated heterocycles. The molecule has 0 aromatic carbocycles. The summed E-state index contributed by atoms with van der Waals surface area (Å²) in [6.45, 7) is 2.30. The van der Waals surface area contributed by atoms with Gasteiger partial charge in [0, 0.05) is 15.4 Å². The molecule has 0 spiro atoms. The van der Waals surface area contributed by atoms with Crippen LogP contribution >= 0.6 is 27.3 Å². The molecule has 1 aromatic rings. The van der Waals surface area contributed by atoms with Crippen LogP contribution in [0.4, 0.5) is 0 Å². The standard InChI is InChI=1S/C13H20BrNS/c1-2-9-5-3-4-6-10(9)12(15)13-11(14)7-8-16-13/h7-10,12H,2-6,15H2,1H3. The second-order valence-electron chi connectivity index (χ2n) is 4.78. The summed E-state index contributed by atoms with van der Waals surface area (Å²) < 4.78 is 1.20. The highest BCUT2D eigenvalue weighted by Gasteiger charge is 2.30. The molecule has 2 N–H and O–H groups in total. The molecule has 1 aliphatic rings. The fourth-order valence-electron chi connectivity index (χ4n) is 2.95. The van der Waals surface area contributed by atoms with Gasteiger partial charge in [0.15, 0.2) is 0 Å². The molecule has 0 bridgehead atoms. The van der Waals surface area contributed by atoms with Crippen molar-refractivity contribution < 1.29 is 0 Å². The van der Waals surface area contributed by atoms with Gasteiger partial charge in [-0.05, 0) is 45.6 Å². The molecule has 3 heteroatoms. The van der Waals surface area contributed by atoms with E-state index in [2.05, 4.69) is 34.3 Å². The minimum atomic E-state index is 0.236. The average molecular weight is 302 g/mol. The largest absolute Gasteiger partial charge is 0.323 e. The van der Waals surface area contributed by atoms with Gasteiger partial charge in [0.25, 0.3) is 0 Å². The zero-order chi connectivity index (χ0) is 11.5. The van der Waals surface area contributed by atoms with Crippen LogP contribution in [0.1, 0.15) is 49.9 Å². The van der Waals surface area contributed by atoms with E-state index in [1.807, 2.05) is 0 Å². The monoisotopic (exact) mass is 301 g/mol. The number of nitrogens with two attached hydrogens (primary N) is 1. The molecular weight excluding hydrogens is 282 g/mol. The smallest absolute Gasteiger partial charge is 0.0432 e. The van der Waals surface area contributed by atoms with Gasteiger partial charge < -0.3 is 5.73 Å². The van der Waals surface area contributed by atoms with Crippen LogP contribution in [0, 0.1) is 11.8 Å². The molecule has 1 nitrogen and oxygen atoms in total. The first kappa shape index (κ1) is 12.6. The first-order chi connectivity index (χ1) is 7.74. The summed E-state index contributed by atoms with van der Waals surface area (Å²) in [4.78, 5) is 1.34. The molecule has 1 aromatic heterocycles. The van der Waals surface area contributed by atoms with Gasteiger partial charge in [0.1, 0.15) is 0 Å². The zero-order valence-electron chi connectivity index (χ0n) is 9.79. The number of hydrogen-bond donors (Lipinski definition) is 1. The molecule has 3 atom stereocenters. The molecule has 1 aliphatic carbocycles. The molecule has 3 unspecified atom stereocenters. The summed E-state index contributed by atoms with van der Waals surface area (Å²) in [5.41, 5.74) is 6.46. The third kappa shape index (κ3) is 2.52. The maximum absolute atomic E-state index is 6.46. The van der Waals surface area contributed by atoms with Crippen LogP contribution in [0.15, 0.2) is 15.9 Å². The molecule has 1 fully saturated rings. The quantitative estimate of drug-likeness (QED) is 0.858. The van der Waals surface area contributed by atoms with Gasteiger partial charge in [-0.15, -0.1) is 11.3 Å². The third-order valence-corrected chi connectivity index (χ3v) is 5.87. The second kappa shape index (κ2) is 5.65. The summed E-state index contributed by atoms with van der Waals surface area (Å²) in [5.74, 6) is 1.52. The molecule has 90 valence electrons. The highest BCUT2D eigenvalue weighted by Crippen LogP contribution is 2.42. The number of hydrogen-bond acceptors (Lipinski definition) is 2. The van der Waals surface area contributed by atoms with E-state index in [-0.39, 0.29) is 6.04 Å². The second-order valence-corrected chi connectivity index (χ2v) is 6.58. The van der Waals surface area contributed by atoms with Crippen molar-refractivity contribution in [3.05, 3.63) is 20.8 Å². The third-order valence-electron chi connectivity index (χ3n) is 3.90. The SMILES string of the molecule is CCC1CCCCC1C(N)c1sccc1Br. The Morgan fingerprint density at radius 2 is 2.25 bits per heavy atom. The van der Waals surface area contributed by atoms with Gasteiger partial charge in [-0.1, -0.05) is 32.6 Å². The van der Waals surface area contributed by atoms with E-state index in [9.17, 15) is 0 Å². The molecule has 2 rings (SSSR count). The van der Waals surface area contributed by atoms with Crippen molar-refractivity contribution in [1.29, 1.82) is 0 Å². The van der Waals surface area contributed by atoms with Crippen LogP contribution in [0.5, 0.6) is 0 Å². The predicted molar refractivity (Wildman–Crippen MR) is 74.7 cm³/mol. The first-order valence-corrected chi connectivity index (χ1v) is 7.89. The van der Waals surface area contributed by atoms with E-state index in [1.165, 1.54) is 41.5 Å². The summed E-state index contributed by atoms with van der Waals surface area (Å²) >= 11 is 5.40. The molecule has 1 heterocycles. The molecule has 0 amide bonds. The lowest BCUT2D eigenvalue weighted by Gasteiger charge is -2.34. The fourth-order valence-corrected chi connectivity index (χ4v) is 4.67. The van der Waals surface area contributed by atoms with Crippen molar-refractivity contribution in [1.82, 2.24) is 0 Å². The van der Waals surface area contributed by atoms with E-state index in [0.717, 1.165) is 5.92 Å². The van der Waals surface area contributed by atoms with Crippen LogP contribution in [-0.2, 0) is 0 Å². The van der Waals surface area contributed by atoms with Crippen molar-refractivity contribution in [2.75, 3.05) is 0 Å². The van der Waals surface area contributed by atoms with Gasteiger partial charge in [-0.25, -0.2) is 0 Å². The number of thiophene rings is 1. The Morgan fingerprint density at radius 1 is 1.50 bits per heavy atom. The summed E-state index contributed by atoms with van der Waals surface area (Å²) in [6.07, 6.45) is 6.72. The summed E-state index contributed by atoms with van der Waals surface area (Å²) in [7, 11) is 0. The Labute approximate surface area is 111 Å². The Balaban J connectivity index is 2.13. The van der Waals surface area contributed by atoms with E-state index in [0.29, 0.717) is 5.92 Å². The van der Waals surface area contributed by atoms with Gasteiger partial charge in [0.2, 0.25) is 0 Å². The Hall–Kier alpha value is 0.140. The Kier molecular flexibility index (Phi) is 4.45. The van der Waals surface area contributed by atoms with Crippen LogP contribution in [0.2, 0.25) is 0 Å². The Bertz CT molecular complexity index is 336. The number of rotatable bonds is 3. The fraction of sp³-hybridized carbons (Fsp3) is 0.692. The van der Waals surface area contributed by atoms with Crippen LogP contribution in [0.25, 0.3) is 0 Å². The minimum absolute atomic E-state index is 0.236. The van der Waals surface area contributed by atoms with E-state index < -0.39 is 0 Å². The zero-order valence-corrected chi connectivity index (χ0v) is 12.2. The number of halogens is 1. The molecule has 1 saturated carbocycles. The van der Waals surface area contributed by atoms with Crippen LogP contribution in [0.3, 0.4) is 0 Å². The van der Waals surface area contributed by atoms with E-state index >= 15 is 0 Å². The molecular formula is C13H20BrNS. The lowest BCUT2D eigenvalue weighted by Crippen LogP contribution is -2.30. The van der Waals surface area contributed by atoms with Gasteiger partial charge >= 0.3 is 0 Å². The first-order valence-electron chi connectivity index (χ1n) is 6.22. The van der Waals surface area contributed by atoms with Crippen LogP contribution in [-0.4, -0.2) is 0 Å². The molecule has 0 aliphatic heterocycles. The molecule has 0 radical (unpaired) electrons. The van der Waals surface area contributed by atoms with E-state index in [4.69, 9.17) is 5.73 Å². The normalized spacial score (nSPS) is 27.9. The van der Waals surface area contributed by atoms with Gasteiger partial charge in [-0.2, -0.15) is 0 Å². The summed E-state index contributed by atoms with van der Waals surface area (Å²) in [6, 6.07) is 2.35.